The third-order valence-corrected chi connectivity index (χ3v) is 3.58. The SMILES string of the molecule is CC(C)(C)c1cc(Cl)c(Br)cc1CCl. The Labute approximate surface area is 104 Å². The van der Waals surface area contributed by atoms with Crippen LogP contribution in [0.1, 0.15) is 31.9 Å². The van der Waals surface area contributed by atoms with Crippen LogP contribution in [0.4, 0.5) is 0 Å². The maximum absolute atomic E-state index is 6.06. The molecule has 0 atom stereocenters. The quantitative estimate of drug-likeness (QED) is 0.629. The van der Waals surface area contributed by atoms with Gasteiger partial charge in [0.25, 0.3) is 0 Å². The van der Waals surface area contributed by atoms with Crippen molar-refractivity contribution in [1.29, 1.82) is 0 Å². The van der Waals surface area contributed by atoms with E-state index in [2.05, 4.69) is 36.7 Å². The molecule has 0 radical (unpaired) electrons. The molecule has 0 bridgehead atoms. The van der Waals surface area contributed by atoms with Gasteiger partial charge in [-0.2, -0.15) is 0 Å². The van der Waals surface area contributed by atoms with E-state index in [-0.39, 0.29) is 5.41 Å². The smallest absolute Gasteiger partial charge is 0.0551 e. The molecule has 1 aromatic carbocycles. The van der Waals surface area contributed by atoms with Crippen molar-refractivity contribution >= 4 is 39.1 Å². The highest BCUT2D eigenvalue weighted by Gasteiger charge is 2.18. The lowest BCUT2D eigenvalue weighted by molar-refractivity contribution is 0.585. The Kier molecular flexibility index (Phi) is 3.90. The fourth-order valence-corrected chi connectivity index (χ4v) is 2.17. The zero-order valence-electron chi connectivity index (χ0n) is 8.50. The van der Waals surface area contributed by atoms with E-state index >= 15 is 0 Å². The van der Waals surface area contributed by atoms with Crippen LogP contribution in [0.5, 0.6) is 0 Å². The maximum Gasteiger partial charge on any atom is 0.0551 e. The molecule has 0 heterocycles. The van der Waals surface area contributed by atoms with Gasteiger partial charge >= 0.3 is 0 Å². The van der Waals surface area contributed by atoms with Crippen LogP contribution in [-0.4, -0.2) is 0 Å². The summed E-state index contributed by atoms with van der Waals surface area (Å²) in [6, 6.07) is 3.99. The first kappa shape index (κ1) is 12.4. The first-order chi connectivity index (χ1) is 6.36. The number of benzene rings is 1. The fourth-order valence-electron chi connectivity index (χ4n) is 1.40. The predicted molar refractivity (Wildman–Crippen MR) is 67.4 cm³/mol. The van der Waals surface area contributed by atoms with Gasteiger partial charge in [0.15, 0.2) is 0 Å². The molecule has 0 amide bonds. The molecular weight excluding hydrogens is 283 g/mol. The van der Waals surface area contributed by atoms with Crippen molar-refractivity contribution in [2.75, 3.05) is 0 Å². The van der Waals surface area contributed by atoms with Gasteiger partial charge in [-0.3, -0.25) is 0 Å². The summed E-state index contributed by atoms with van der Waals surface area (Å²) in [4.78, 5) is 0. The minimum absolute atomic E-state index is 0.0779. The minimum atomic E-state index is 0.0779. The molecule has 0 spiro atoms. The third-order valence-electron chi connectivity index (χ3n) is 2.10. The summed E-state index contributed by atoms with van der Waals surface area (Å²) in [6.07, 6.45) is 0. The van der Waals surface area contributed by atoms with Crippen molar-refractivity contribution < 1.29 is 0 Å². The molecule has 0 N–H and O–H groups in total. The fraction of sp³-hybridized carbons (Fsp3) is 0.455. The summed E-state index contributed by atoms with van der Waals surface area (Å²) in [5.41, 5.74) is 2.42. The van der Waals surface area contributed by atoms with E-state index < -0.39 is 0 Å². The monoisotopic (exact) mass is 294 g/mol. The van der Waals surface area contributed by atoms with Crippen molar-refractivity contribution in [3.8, 4) is 0 Å². The van der Waals surface area contributed by atoms with Crippen LogP contribution >= 0.6 is 39.1 Å². The Bertz CT molecular complexity index is 340. The van der Waals surface area contributed by atoms with Crippen LogP contribution in [0.2, 0.25) is 5.02 Å². The second-order valence-corrected chi connectivity index (χ2v) is 5.84. The molecule has 78 valence electrons. The molecule has 1 rings (SSSR count). The lowest BCUT2D eigenvalue weighted by Gasteiger charge is -2.23. The molecule has 0 nitrogen and oxygen atoms in total. The number of hydrogen-bond acceptors (Lipinski definition) is 0. The summed E-state index contributed by atoms with van der Waals surface area (Å²) in [5, 5.41) is 0.740. The van der Waals surface area contributed by atoms with E-state index in [9.17, 15) is 0 Å². The Balaban J connectivity index is 3.35. The van der Waals surface area contributed by atoms with Crippen LogP contribution < -0.4 is 0 Å². The van der Waals surface area contributed by atoms with Gasteiger partial charge in [-0.1, -0.05) is 32.4 Å². The Hall–Kier alpha value is 0.280. The maximum atomic E-state index is 6.06. The Morgan fingerprint density at radius 2 is 1.86 bits per heavy atom. The summed E-state index contributed by atoms with van der Waals surface area (Å²) < 4.78 is 0.905. The topological polar surface area (TPSA) is 0 Å². The molecule has 0 saturated carbocycles. The van der Waals surface area contributed by atoms with E-state index in [1.807, 2.05) is 12.1 Å². The molecule has 14 heavy (non-hydrogen) atoms. The molecule has 0 saturated heterocycles. The summed E-state index contributed by atoms with van der Waals surface area (Å²) in [5.74, 6) is 0.516. The normalized spacial score (nSPS) is 11.9. The van der Waals surface area contributed by atoms with Crippen molar-refractivity contribution in [1.82, 2.24) is 0 Å². The molecule has 0 aliphatic heterocycles. The molecule has 0 aromatic heterocycles. The second kappa shape index (κ2) is 4.42. The molecule has 3 heteroatoms. The van der Waals surface area contributed by atoms with Crippen LogP contribution in [0.25, 0.3) is 0 Å². The van der Waals surface area contributed by atoms with Crippen LogP contribution in [-0.2, 0) is 11.3 Å². The van der Waals surface area contributed by atoms with E-state index in [0.717, 1.165) is 15.1 Å². The van der Waals surface area contributed by atoms with Crippen molar-refractivity contribution in [3.05, 3.63) is 32.8 Å². The predicted octanol–water partition coefficient (Wildman–Crippen LogP) is 5.14. The average Bonchev–Trinajstić information content (AvgIpc) is 2.07. The van der Waals surface area contributed by atoms with E-state index in [4.69, 9.17) is 23.2 Å². The van der Waals surface area contributed by atoms with Gasteiger partial charge in [0.1, 0.15) is 0 Å². The summed E-state index contributed by atoms with van der Waals surface area (Å²) >= 11 is 15.4. The Morgan fingerprint density at radius 1 is 1.29 bits per heavy atom. The van der Waals surface area contributed by atoms with Gasteiger partial charge in [0, 0.05) is 10.4 Å². The third kappa shape index (κ3) is 2.65. The molecule has 0 fully saturated rings. The molecule has 0 aliphatic rings. The van der Waals surface area contributed by atoms with Gasteiger partial charge in [0.2, 0.25) is 0 Å². The number of halogens is 3. The van der Waals surface area contributed by atoms with Crippen molar-refractivity contribution in [2.45, 2.75) is 32.1 Å². The molecule has 1 aromatic rings. The zero-order valence-corrected chi connectivity index (χ0v) is 11.6. The van der Waals surface area contributed by atoms with E-state index in [1.54, 1.807) is 0 Å². The van der Waals surface area contributed by atoms with Gasteiger partial charge in [-0.25, -0.2) is 0 Å². The lowest BCUT2D eigenvalue weighted by atomic mass is 9.84. The lowest BCUT2D eigenvalue weighted by Crippen LogP contribution is -2.13. The number of rotatable bonds is 1. The minimum Gasteiger partial charge on any atom is -0.122 e. The standard InChI is InChI=1S/C11H13BrCl2/c1-11(2,3)8-5-10(14)9(12)4-7(8)6-13/h4-5H,6H2,1-3H3. The van der Waals surface area contributed by atoms with Crippen molar-refractivity contribution in [2.24, 2.45) is 0 Å². The van der Waals surface area contributed by atoms with Gasteiger partial charge in [0.05, 0.1) is 5.02 Å². The van der Waals surface area contributed by atoms with Crippen LogP contribution in [0.15, 0.2) is 16.6 Å². The van der Waals surface area contributed by atoms with Gasteiger partial charge in [-0.05, 0) is 44.6 Å². The first-order valence-corrected chi connectivity index (χ1v) is 6.11. The highest BCUT2D eigenvalue weighted by atomic mass is 79.9. The largest absolute Gasteiger partial charge is 0.122 e. The highest BCUT2D eigenvalue weighted by Crippen LogP contribution is 2.33. The van der Waals surface area contributed by atoms with E-state index in [0.29, 0.717) is 5.88 Å². The second-order valence-electron chi connectivity index (χ2n) is 4.31. The van der Waals surface area contributed by atoms with E-state index in [1.165, 1.54) is 5.56 Å². The summed E-state index contributed by atoms with van der Waals surface area (Å²) in [7, 11) is 0. The van der Waals surface area contributed by atoms with Crippen LogP contribution in [0, 0.1) is 0 Å². The first-order valence-electron chi connectivity index (χ1n) is 4.40. The highest BCUT2D eigenvalue weighted by molar-refractivity contribution is 9.10. The molecule has 0 aliphatic carbocycles. The van der Waals surface area contributed by atoms with Crippen molar-refractivity contribution in [3.63, 3.8) is 0 Å². The van der Waals surface area contributed by atoms with Crippen LogP contribution in [0.3, 0.4) is 0 Å². The zero-order chi connectivity index (χ0) is 10.9. The van der Waals surface area contributed by atoms with Gasteiger partial charge in [-0.15, -0.1) is 11.6 Å². The number of alkyl halides is 1. The van der Waals surface area contributed by atoms with Gasteiger partial charge < -0.3 is 0 Å². The number of hydrogen-bond donors (Lipinski definition) is 0. The summed E-state index contributed by atoms with van der Waals surface area (Å²) in [6.45, 7) is 6.47. The molecular formula is C11H13BrCl2. The average molecular weight is 296 g/mol. The molecule has 0 unspecified atom stereocenters. The Morgan fingerprint density at radius 3 is 2.29 bits per heavy atom.